The minimum Gasteiger partial charge on any atom is -0.396 e. The van der Waals surface area contributed by atoms with E-state index in [2.05, 4.69) is 0 Å². The Labute approximate surface area is 95.7 Å². The van der Waals surface area contributed by atoms with Gasteiger partial charge >= 0.3 is 0 Å². The predicted molar refractivity (Wildman–Crippen MR) is 60.8 cm³/mol. The zero-order valence-corrected chi connectivity index (χ0v) is 9.25. The molecule has 0 amide bonds. The van der Waals surface area contributed by atoms with Gasteiger partial charge in [-0.05, 0) is 18.4 Å². The van der Waals surface area contributed by atoms with Gasteiger partial charge in [-0.2, -0.15) is 0 Å². The lowest BCUT2D eigenvalue weighted by atomic mass is 10.1. The van der Waals surface area contributed by atoms with Crippen molar-refractivity contribution >= 4 is 0 Å². The van der Waals surface area contributed by atoms with Crippen molar-refractivity contribution in [3.63, 3.8) is 0 Å². The van der Waals surface area contributed by atoms with Crippen LogP contribution >= 0.6 is 0 Å². The highest BCUT2D eigenvalue weighted by Gasteiger charge is 2.32. The third-order valence-corrected chi connectivity index (χ3v) is 3.18. The Morgan fingerprint density at radius 3 is 2.56 bits per heavy atom. The maximum absolute atomic E-state index is 9.62. The molecule has 16 heavy (non-hydrogen) atoms. The number of hydrogen-bond donors (Lipinski definition) is 2. The van der Waals surface area contributed by atoms with Gasteiger partial charge in [-0.15, -0.1) is 0 Å². The molecule has 1 aliphatic rings. The molecule has 1 saturated carbocycles. The Balaban J connectivity index is 1.80. The van der Waals surface area contributed by atoms with E-state index in [4.69, 9.17) is 9.84 Å². The number of aliphatic hydroxyl groups excluding tert-OH is 2. The molecular weight excluding hydrogens is 204 g/mol. The van der Waals surface area contributed by atoms with Crippen LogP contribution < -0.4 is 0 Å². The molecule has 1 fully saturated rings. The van der Waals surface area contributed by atoms with Crippen molar-refractivity contribution in [1.29, 1.82) is 0 Å². The summed E-state index contributed by atoms with van der Waals surface area (Å²) in [5.74, 6) is -0.0132. The van der Waals surface area contributed by atoms with Crippen molar-refractivity contribution < 1.29 is 14.9 Å². The average molecular weight is 222 g/mol. The van der Waals surface area contributed by atoms with Crippen LogP contribution in [0.15, 0.2) is 30.3 Å². The fourth-order valence-corrected chi connectivity index (χ4v) is 2.17. The second-order valence-electron chi connectivity index (χ2n) is 4.40. The summed E-state index contributed by atoms with van der Waals surface area (Å²) in [5, 5.41) is 18.6. The normalized spacial score (nSPS) is 29.5. The highest BCUT2D eigenvalue weighted by atomic mass is 16.5. The van der Waals surface area contributed by atoms with Gasteiger partial charge in [0.25, 0.3) is 0 Å². The van der Waals surface area contributed by atoms with Gasteiger partial charge in [-0.3, -0.25) is 0 Å². The quantitative estimate of drug-likeness (QED) is 0.808. The number of aliphatic hydroxyl groups is 2. The number of benzene rings is 1. The Kier molecular flexibility index (Phi) is 3.93. The molecule has 88 valence electrons. The molecule has 0 aromatic heterocycles. The predicted octanol–water partition coefficient (Wildman–Crippen LogP) is 1.33. The van der Waals surface area contributed by atoms with Crippen molar-refractivity contribution in [2.75, 3.05) is 6.61 Å². The molecule has 0 bridgehead atoms. The molecule has 0 aliphatic heterocycles. The molecule has 2 rings (SSSR count). The first-order valence-corrected chi connectivity index (χ1v) is 5.74. The average Bonchev–Trinajstić information content (AvgIpc) is 2.69. The molecule has 0 saturated heterocycles. The van der Waals surface area contributed by atoms with E-state index >= 15 is 0 Å². The van der Waals surface area contributed by atoms with Crippen molar-refractivity contribution in [1.82, 2.24) is 0 Å². The van der Waals surface area contributed by atoms with Crippen molar-refractivity contribution in [2.45, 2.75) is 31.7 Å². The summed E-state index contributed by atoms with van der Waals surface area (Å²) >= 11 is 0. The maximum atomic E-state index is 9.62. The summed E-state index contributed by atoms with van der Waals surface area (Å²) in [6.45, 7) is 0.628. The fraction of sp³-hybridized carbons (Fsp3) is 0.538. The molecule has 1 aromatic rings. The number of ether oxygens (including phenoxy) is 1. The molecule has 1 aromatic carbocycles. The molecule has 3 nitrogen and oxygen atoms in total. The van der Waals surface area contributed by atoms with Gasteiger partial charge in [-0.1, -0.05) is 30.3 Å². The first-order valence-electron chi connectivity index (χ1n) is 5.74. The Morgan fingerprint density at radius 1 is 1.19 bits per heavy atom. The lowest BCUT2D eigenvalue weighted by Gasteiger charge is -2.11. The lowest BCUT2D eigenvalue weighted by Crippen LogP contribution is -2.16. The summed E-state index contributed by atoms with van der Waals surface area (Å²) in [6, 6.07) is 9.99. The van der Waals surface area contributed by atoms with Gasteiger partial charge in [0.05, 0.1) is 18.8 Å². The van der Waals surface area contributed by atoms with Gasteiger partial charge in [0, 0.05) is 12.5 Å². The number of hydrogen-bond acceptors (Lipinski definition) is 3. The summed E-state index contributed by atoms with van der Waals surface area (Å²) in [6.07, 6.45) is 1.06. The second-order valence-corrected chi connectivity index (χ2v) is 4.40. The van der Waals surface area contributed by atoms with Crippen LogP contribution in [0.2, 0.25) is 0 Å². The van der Waals surface area contributed by atoms with Crippen LogP contribution in [-0.2, 0) is 11.3 Å². The van der Waals surface area contributed by atoms with E-state index in [1.165, 1.54) is 0 Å². The molecule has 3 heteroatoms. The van der Waals surface area contributed by atoms with E-state index in [1.54, 1.807) is 0 Å². The van der Waals surface area contributed by atoms with E-state index < -0.39 is 6.10 Å². The topological polar surface area (TPSA) is 49.7 Å². The van der Waals surface area contributed by atoms with Crippen molar-refractivity contribution in [3.8, 4) is 0 Å². The standard InChI is InChI=1S/C13H18O3/c14-8-11-6-12(7-13(11)15)16-9-10-4-2-1-3-5-10/h1-5,11-15H,6-9H2/t11-,12+,13+/m0/s1. The first kappa shape index (κ1) is 11.6. The van der Waals surface area contributed by atoms with Crippen LogP contribution in [0.4, 0.5) is 0 Å². The van der Waals surface area contributed by atoms with Gasteiger partial charge < -0.3 is 14.9 Å². The Hall–Kier alpha value is -0.900. The van der Waals surface area contributed by atoms with Crippen LogP contribution in [0.1, 0.15) is 18.4 Å². The summed E-state index contributed by atoms with van der Waals surface area (Å²) < 4.78 is 5.72. The summed E-state index contributed by atoms with van der Waals surface area (Å²) in [5.41, 5.74) is 1.14. The number of rotatable bonds is 4. The first-order chi connectivity index (χ1) is 7.79. The minimum absolute atomic E-state index is 0.0132. The lowest BCUT2D eigenvalue weighted by molar-refractivity contribution is 0.0357. The molecule has 0 radical (unpaired) electrons. The largest absolute Gasteiger partial charge is 0.396 e. The van der Waals surface area contributed by atoms with E-state index in [9.17, 15) is 5.11 Å². The van der Waals surface area contributed by atoms with E-state index in [0.29, 0.717) is 13.0 Å². The SMILES string of the molecule is OC[C@@H]1C[C@@H](OCc2ccccc2)C[C@H]1O. The Bertz CT molecular complexity index is 312. The smallest absolute Gasteiger partial charge is 0.0720 e. The van der Waals surface area contributed by atoms with Crippen molar-refractivity contribution in [3.05, 3.63) is 35.9 Å². The third-order valence-electron chi connectivity index (χ3n) is 3.18. The van der Waals surface area contributed by atoms with Crippen LogP contribution in [0.5, 0.6) is 0 Å². The molecule has 3 atom stereocenters. The second kappa shape index (κ2) is 5.43. The van der Waals surface area contributed by atoms with Gasteiger partial charge in [0.2, 0.25) is 0 Å². The van der Waals surface area contributed by atoms with E-state index in [-0.39, 0.29) is 18.6 Å². The zero-order valence-electron chi connectivity index (χ0n) is 9.25. The Morgan fingerprint density at radius 2 is 1.94 bits per heavy atom. The maximum Gasteiger partial charge on any atom is 0.0720 e. The van der Waals surface area contributed by atoms with E-state index in [1.807, 2.05) is 30.3 Å². The van der Waals surface area contributed by atoms with Crippen LogP contribution in [0.3, 0.4) is 0 Å². The van der Waals surface area contributed by atoms with Gasteiger partial charge in [0.1, 0.15) is 0 Å². The monoisotopic (exact) mass is 222 g/mol. The molecule has 0 unspecified atom stereocenters. The fourth-order valence-electron chi connectivity index (χ4n) is 2.17. The third kappa shape index (κ3) is 2.82. The van der Waals surface area contributed by atoms with Crippen LogP contribution in [0, 0.1) is 5.92 Å². The molecule has 2 N–H and O–H groups in total. The highest BCUT2D eigenvalue weighted by Crippen LogP contribution is 2.28. The minimum atomic E-state index is -0.411. The van der Waals surface area contributed by atoms with Gasteiger partial charge in [0.15, 0.2) is 0 Å². The van der Waals surface area contributed by atoms with E-state index in [0.717, 1.165) is 12.0 Å². The summed E-state index contributed by atoms with van der Waals surface area (Å²) in [4.78, 5) is 0. The highest BCUT2D eigenvalue weighted by molar-refractivity contribution is 5.13. The molecule has 0 heterocycles. The van der Waals surface area contributed by atoms with Crippen LogP contribution in [-0.4, -0.2) is 29.0 Å². The van der Waals surface area contributed by atoms with Crippen molar-refractivity contribution in [2.24, 2.45) is 5.92 Å². The van der Waals surface area contributed by atoms with Crippen LogP contribution in [0.25, 0.3) is 0 Å². The molecule has 0 spiro atoms. The van der Waals surface area contributed by atoms with Gasteiger partial charge in [-0.25, -0.2) is 0 Å². The zero-order chi connectivity index (χ0) is 11.4. The summed E-state index contributed by atoms with van der Waals surface area (Å²) in [7, 11) is 0. The molecule has 1 aliphatic carbocycles. The molecular formula is C13H18O3.